The first kappa shape index (κ1) is 27.8. The van der Waals surface area contributed by atoms with E-state index in [1.54, 1.807) is 12.1 Å². The predicted molar refractivity (Wildman–Crippen MR) is 122 cm³/mol. The SMILES string of the molecule is Cc1ccc(S(=O)(=O)OCCC#CC[C@@H](COS(N)(=O)=O)O[Si](C)(C)C(C)(C)C)cc1. The fraction of sp³-hybridized carbons (Fsp3) is 0.600. The van der Waals surface area contributed by atoms with Gasteiger partial charge >= 0.3 is 10.3 Å². The van der Waals surface area contributed by atoms with Gasteiger partial charge in [-0.1, -0.05) is 38.5 Å². The van der Waals surface area contributed by atoms with Crippen LogP contribution in [0, 0.1) is 18.8 Å². The third-order valence-electron chi connectivity index (χ3n) is 4.92. The van der Waals surface area contributed by atoms with E-state index >= 15 is 0 Å². The molecule has 0 saturated carbocycles. The van der Waals surface area contributed by atoms with E-state index in [1.807, 2.05) is 20.0 Å². The summed E-state index contributed by atoms with van der Waals surface area (Å²) in [6.07, 6.45) is -0.176. The number of benzene rings is 1. The first-order valence-electron chi connectivity index (χ1n) is 9.80. The van der Waals surface area contributed by atoms with Crippen LogP contribution in [0.1, 0.15) is 39.2 Å². The number of hydrogen-bond donors (Lipinski definition) is 1. The molecule has 2 N–H and O–H groups in total. The van der Waals surface area contributed by atoms with Crippen molar-refractivity contribution in [3.05, 3.63) is 29.8 Å². The Labute approximate surface area is 188 Å². The molecule has 0 amide bonds. The Morgan fingerprint density at radius 1 is 1.03 bits per heavy atom. The van der Waals surface area contributed by atoms with Crippen molar-refractivity contribution in [1.29, 1.82) is 0 Å². The smallest absolute Gasteiger partial charge is 0.333 e. The Bertz CT molecular complexity index is 987. The normalized spacial score (nSPS) is 14.0. The van der Waals surface area contributed by atoms with Crippen molar-refractivity contribution >= 4 is 28.7 Å². The molecule has 31 heavy (non-hydrogen) atoms. The topological polar surface area (TPSA) is 122 Å². The van der Waals surface area contributed by atoms with Crippen molar-refractivity contribution in [2.24, 2.45) is 5.14 Å². The second kappa shape index (κ2) is 11.0. The number of rotatable bonds is 10. The number of hydrogen-bond acceptors (Lipinski definition) is 7. The van der Waals surface area contributed by atoms with Crippen LogP contribution in [0.2, 0.25) is 18.1 Å². The van der Waals surface area contributed by atoms with Crippen molar-refractivity contribution < 1.29 is 29.6 Å². The molecule has 0 aliphatic rings. The molecule has 0 spiro atoms. The van der Waals surface area contributed by atoms with E-state index < -0.39 is 34.8 Å². The Kier molecular flexibility index (Phi) is 9.90. The highest BCUT2D eigenvalue weighted by Crippen LogP contribution is 2.37. The van der Waals surface area contributed by atoms with Crippen molar-refractivity contribution in [1.82, 2.24) is 0 Å². The van der Waals surface area contributed by atoms with Gasteiger partial charge in [-0.3, -0.25) is 8.37 Å². The molecule has 11 heteroatoms. The Morgan fingerprint density at radius 3 is 2.13 bits per heavy atom. The molecule has 0 aromatic heterocycles. The van der Waals surface area contributed by atoms with E-state index in [2.05, 4.69) is 32.6 Å². The lowest BCUT2D eigenvalue weighted by Gasteiger charge is -2.38. The first-order valence-corrected chi connectivity index (χ1v) is 15.6. The van der Waals surface area contributed by atoms with Gasteiger partial charge in [-0.15, -0.1) is 11.8 Å². The molecule has 0 radical (unpaired) electrons. The first-order chi connectivity index (χ1) is 14.0. The minimum absolute atomic E-state index is 0.0849. The minimum atomic E-state index is -4.09. The summed E-state index contributed by atoms with van der Waals surface area (Å²) in [5, 5.41) is 4.84. The highest BCUT2D eigenvalue weighted by Gasteiger charge is 2.39. The van der Waals surface area contributed by atoms with Gasteiger partial charge in [-0.2, -0.15) is 16.8 Å². The highest BCUT2D eigenvalue weighted by molar-refractivity contribution is 7.86. The summed E-state index contributed by atoms with van der Waals surface area (Å²) in [5.74, 6) is 5.72. The molecule has 0 unspecified atom stereocenters. The fourth-order valence-electron chi connectivity index (χ4n) is 2.15. The Hall–Kier alpha value is -1.26. The van der Waals surface area contributed by atoms with Crippen molar-refractivity contribution in [3.8, 4) is 11.8 Å². The van der Waals surface area contributed by atoms with Gasteiger partial charge in [0.05, 0.1) is 24.2 Å². The van der Waals surface area contributed by atoms with Gasteiger partial charge in [0.1, 0.15) is 0 Å². The van der Waals surface area contributed by atoms with Crippen LogP contribution in [-0.2, 0) is 33.2 Å². The van der Waals surface area contributed by atoms with E-state index in [9.17, 15) is 16.8 Å². The molecule has 0 aliphatic heterocycles. The van der Waals surface area contributed by atoms with E-state index in [0.29, 0.717) is 0 Å². The van der Waals surface area contributed by atoms with Crippen LogP contribution in [-0.4, -0.2) is 44.5 Å². The Balaban J connectivity index is 2.67. The fourth-order valence-corrected chi connectivity index (χ4v) is 4.74. The van der Waals surface area contributed by atoms with Gasteiger partial charge in [0, 0.05) is 12.8 Å². The second-order valence-electron chi connectivity index (χ2n) is 8.67. The lowest BCUT2D eigenvalue weighted by atomic mass is 10.2. The third kappa shape index (κ3) is 10.3. The predicted octanol–water partition coefficient (Wildman–Crippen LogP) is 3.09. The summed E-state index contributed by atoms with van der Waals surface area (Å²) in [6.45, 7) is 11.8. The third-order valence-corrected chi connectivity index (χ3v) is 11.2. The quantitative estimate of drug-likeness (QED) is 0.231. The summed E-state index contributed by atoms with van der Waals surface area (Å²) in [7, 11) is -10.1. The van der Waals surface area contributed by atoms with Crippen molar-refractivity contribution in [3.63, 3.8) is 0 Å². The molecular weight excluding hydrogens is 458 g/mol. The van der Waals surface area contributed by atoms with E-state index in [1.165, 1.54) is 12.1 Å². The van der Waals surface area contributed by atoms with Gasteiger partial charge in [0.25, 0.3) is 10.1 Å². The van der Waals surface area contributed by atoms with Gasteiger partial charge in [-0.05, 0) is 37.2 Å². The van der Waals surface area contributed by atoms with Crippen LogP contribution in [0.5, 0.6) is 0 Å². The van der Waals surface area contributed by atoms with Gasteiger partial charge in [0.2, 0.25) is 0 Å². The zero-order chi connectivity index (χ0) is 23.9. The molecule has 0 aliphatic carbocycles. The standard InChI is InChI=1S/C20H33NO7S2Si/c1-17-11-13-19(14-12-17)29(22,23)26-15-9-7-8-10-18(16-27-30(21,24)25)28-31(5,6)20(2,3)4/h11-14,18H,9-10,15-16H2,1-6H3,(H2,21,24,25)/t18-/m0/s1. The van der Waals surface area contributed by atoms with Gasteiger partial charge < -0.3 is 4.43 Å². The summed E-state index contributed by atoms with van der Waals surface area (Å²) in [4.78, 5) is 0.0917. The van der Waals surface area contributed by atoms with Crippen LogP contribution in [0.4, 0.5) is 0 Å². The zero-order valence-corrected chi connectivity index (χ0v) is 21.6. The molecule has 0 bridgehead atoms. The van der Waals surface area contributed by atoms with Gasteiger partial charge in [-0.25, -0.2) is 5.14 Å². The van der Waals surface area contributed by atoms with Crippen LogP contribution < -0.4 is 5.14 Å². The molecule has 8 nitrogen and oxygen atoms in total. The highest BCUT2D eigenvalue weighted by atomic mass is 32.2. The Morgan fingerprint density at radius 2 is 1.61 bits per heavy atom. The second-order valence-corrected chi connectivity index (χ2v) is 16.3. The molecule has 1 rings (SSSR count). The van der Waals surface area contributed by atoms with Crippen molar-refractivity contribution in [2.75, 3.05) is 13.2 Å². The average Bonchev–Trinajstić information content (AvgIpc) is 2.61. The summed E-state index contributed by atoms with van der Waals surface area (Å²) in [5.41, 5.74) is 0.950. The summed E-state index contributed by atoms with van der Waals surface area (Å²) >= 11 is 0. The lowest BCUT2D eigenvalue weighted by Crippen LogP contribution is -2.45. The lowest BCUT2D eigenvalue weighted by molar-refractivity contribution is 0.122. The van der Waals surface area contributed by atoms with Crippen LogP contribution in [0.15, 0.2) is 29.2 Å². The molecule has 176 valence electrons. The maximum Gasteiger partial charge on any atom is 0.333 e. The largest absolute Gasteiger partial charge is 0.411 e. The summed E-state index contributed by atoms with van der Waals surface area (Å²) in [6, 6.07) is 6.37. The number of nitrogens with two attached hydrogens (primary N) is 1. The van der Waals surface area contributed by atoms with Crippen LogP contribution in [0.25, 0.3) is 0 Å². The van der Waals surface area contributed by atoms with Crippen molar-refractivity contribution in [2.45, 2.75) is 69.7 Å². The zero-order valence-electron chi connectivity index (χ0n) is 19.0. The molecule has 1 aromatic rings. The van der Waals surface area contributed by atoms with E-state index in [-0.39, 0.29) is 36.0 Å². The molecule has 1 aromatic carbocycles. The van der Waals surface area contributed by atoms with E-state index in [0.717, 1.165) is 5.56 Å². The molecule has 0 saturated heterocycles. The van der Waals surface area contributed by atoms with Gasteiger partial charge in [0.15, 0.2) is 8.32 Å². The van der Waals surface area contributed by atoms with Crippen LogP contribution in [0.3, 0.4) is 0 Å². The summed E-state index contributed by atoms with van der Waals surface area (Å²) < 4.78 is 62.5. The average molecular weight is 492 g/mol. The molecule has 0 fully saturated rings. The maximum atomic E-state index is 12.1. The van der Waals surface area contributed by atoms with E-state index in [4.69, 9.17) is 17.9 Å². The van der Waals surface area contributed by atoms with Crippen LogP contribution >= 0.6 is 0 Å². The minimum Gasteiger partial charge on any atom is -0.411 e. The maximum absolute atomic E-state index is 12.1. The molecule has 0 heterocycles. The molecule has 1 atom stereocenters. The molecular formula is C20H33NO7S2Si. The monoisotopic (exact) mass is 491 g/mol. The number of aryl methyl sites for hydroxylation is 1.